The molecule has 0 aromatic carbocycles. The molecule has 94 valence electrons. The van der Waals surface area contributed by atoms with Gasteiger partial charge in [-0.2, -0.15) is 18.0 Å². The molecule has 8 heteroatoms. The van der Waals surface area contributed by atoms with E-state index in [1.54, 1.807) is 19.4 Å². The number of carboxylic acids is 2. The number of hydrogen-bond acceptors (Lipinski definition) is 4. The first-order valence-corrected chi connectivity index (χ1v) is 5.59. The van der Waals surface area contributed by atoms with Crippen molar-refractivity contribution in [2.24, 2.45) is 0 Å². The molecule has 2 radical (unpaired) electrons. The van der Waals surface area contributed by atoms with Crippen LogP contribution >= 0.6 is 11.8 Å². The van der Waals surface area contributed by atoms with E-state index in [1.165, 1.54) is 11.8 Å². The monoisotopic (exact) mass is 420 g/mol. The fourth-order valence-corrected chi connectivity index (χ4v) is 0.370. The standard InChI is InChI=1S/C3H6O2S.C3H6O2.CH4S.CH3.2Y/c1-6-2-3(4)5;1-2-3(4)5;1-2;;;/h2H2,1H3,(H,4,5);2H2,1H3,(H,4,5);2H,1H3;1H3;;/q;;;-1;;/p-1. The van der Waals surface area contributed by atoms with Gasteiger partial charge in [0.1, 0.15) is 0 Å². The van der Waals surface area contributed by atoms with Gasteiger partial charge in [-0.15, -0.1) is 0 Å². The van der Waals surface area contributed by atoms with Gasteiger partial charge >= 0.3 is 11.9 Å². The maximum absolute atomic E-state index is 9.58. The number of rotatable bonds is 3. The Morgan fingerprint density at radius 3 is 1.38 bits per heavy atom. The Morgan fingerprint density at radius 1 is 1.12 bits per heavy atom. The van der Waals surface area contributed by atoms with Crippen molar-refractivity contribution in [3.05, 3.63) is 7.43 Å². The van der Waals surface area contributed by atoms with Crippen molar-refractivity contribution in [1.82, 2.24) is 0 Å². The van der Waals surface area contributed by atoms with Crippen LogP contribution in [0, 0.1) is 7.43 Å². The molecule has 0 saturated heterocycles. The normalized spacial score (nSPS) is 5.75. The summed E-state index contributed by atoms with van der Waals surface area (Å²) in [4.78, 5) is 18.9. The molecule has 0 atom stereocenters. The Bertz CT molecular complexity index is 137. The number of thioether (sulfide) groups is 1. The van der Waals surface area contributed by atoms with Crippen molar-refractivity contribution in [2.75, 3.05) is 18.3 Å². The number of carboxylic acid groups (broad SMARTS) is 2. The topological polar surface area (TPSA) is 74.6 Å². The number of carbonyl (C=O) groups is 2. The van der Waals surface area contributed by atoms with Gasteiger partial charge in [0.15, 0.2) is 0 Å². The van der Waals surface area contributed by atoms with E-state index in [2.05, 4.69) is 12.6 Å². The zero-order chi connectivity index (χ0) is 11.3. The smallest absolute Gasteiger partial charge is 0.313 e. The summed E-state index contributed by atoms with van der Waals surface area (Å²) in [6.07, 6.45) is 3.56. The van der Waals surface area contributed by atoms with E-state index in [4.69, 9.17) is 10.2 Å². The summed E-state index contributed by atoms with van der Waals surface area (Å²) in [5.74, 6) is -1.28. The zero-order valence-electron chi connectivity index (χ0n) is 10.1. The van der Waals surface area contributed by atoms with Gasteiger partial charge in [0.25, 0.3) is 0 Å². The average molecular weight is 420 g/mol. The van der Waals surface area contributed by atoms with Crippen LogP contribution in [0.1, 0.15) is 13.3 Å². The molecule has 0 aromatic heterocycles. The van der Waals surface area contributed by atoms with Gasteiger partial charge < -0.3 is 30.3 Å². The van der Waals surface area contributed by atoms with Crippen LogP contribution in [0.3, 0.4) is 0 Å². The Balaban J connectivity index is -0.0000000234. The molecule has 0 unspecified atom stereocenters. The van der Waals surface area contributed by atoms with E-state index in [9.17, 15) is 9.59 Å². The summed E-state index contributed by atoms with van der Waals surface area (Å²) >= 11 is 5.39. The minimum atomic E-state index is -0.748. The molecule has 0 aliphatic carbocycles. The first kappa shape index (κ1) is 36.1. The van der Waals surface area contributed by atoms with Crippen LogP contribution in [0.15, 0.2) is 0 Å². The van der Waals surface area contributed by atoms with E-state index in [1.807, 2.05) is 0 Å². The third kappa shape index (κ3) is 74.5. The first-order chi connectivity index (χ1) is 6.04. The second-order valence-corrected chi connectivity index (χ2v) is 2.44. The van der Waals surface area contributed by atoms with Crippen LogP contribution in [0.4, 0.5) is 0 Å². The fourth-order valence-electron chi connectivity index (χ4n) is 0.123. The minimum Gasteiger partial charge on any atom is -0.796 e. The second-order valence-electron chi connectivity index (χ2n) is 1.57. The summed E-state index contributed by atoms with van der Waals surface area (Å²) in [6, 6.07) is 0. The molecular weight excluding hydrogens is 402 g/mol. The van der Waals surface area contributed by atoms with Gasteiger partial charge in [-0.1, -0.05) is 6.92 Å². The summed E-state index contributed by atoms with van der Waals surface area (Å²) in [5.41, 5.74) is 0. The van der Waals surface area contributed by atoms with Gasteiger partial charge in [-0.05, 0) is 6.26 Å². The molecule has 0 heterocycles. The quantitative estimate of drug-likeness (QED) is 0.533. The molecule has 0 aromatic rings. The van der Waals surface area contributed by atoms with Crippen molar-refractivity contribution in [3.8, 4) is 0 Å². The van der Waals surface area contributed by atoms with Gasteiger partial charge in [0.2, 0.25) is 0 Å². The Labute approximate surface area is 158 Å². The van der Waals surface area contributed by atoms with Crippen molar-refractivity contribution in [1.29, 1.82) is 0 Å². The minimum absolute atomic E-state index is 0. The van der Waals surface area contributed by atoms with Crippen LogP contribution in [0.5, 0.6) is 0 Å². The summed E-state index contributed by atoms with van der Waals surface area (Å²) in [6.45, 7) is 1.60. The second kappa shape index (κ2) is 36.0. The Hall–Kier alpha value is 1.85. The van der Waals surface area contributed by atoms with Gasteiger partial charge in [-0.25, -0.2) is 0 Å². The predicted molar refractivity (Wildman–Crippen MR) is 63.6 cm³/mol. The average Bonchev–Trinajstić information content (AvgIpc) is 2.09. The molecule has 2 N–H and O–H groups in total. The van der Waals surface area contributed by atoms with Crippen molar-refractivity contribution < 1.29 is 85.2 Å². The molecule has 16 heavy (non-hydrogen) atoms. The largest absolute Gasteiger partial charge is 0.796 e. The van der Waals surface area contributed by atoms with Crippen molar-refractivity contribution in [2.45, 2.75) is 13.3 Å². The zero-order valence-corrected chi connectivity index (χ0v) is 17.4. The van der Waals surface area contributed by atoms with Gasteiger partial charge in [-0.3, -0.25) is 9.59 Å². The maximum atomic E-state index is 9.58. The molecule has 0 aliphatic heterocycles. The van der Waals surface area contributed by atoms with Crippen LogP contribution in [-0.2, 0) is 87.6 Å². The molecule has 0 aliphatic rings. The van der Waals surface area contributed by atoms with Crippen LogP contribution in [-0.4, -0.2) is 40.4 Å². The third-order valence-electron chi connectivity index (χ3n) is 0.570. The van der Waals surface area contributed by atoms with E-state index in [-0.39, 0.29) is 85.0 Å². The maximum Gasteiger partial charge on any atom is 0.313 e. The molecule has 0 spiro atoms. The van der Waals surface area contributed by atoms with E-state index < -0.39 is 11.9 Å². The molecule has 0 saturated carbocycles. The molecule has 0 amide bonds. The van der Waals surface area contributed by atoms with Gasteiger partial charge in [0, 0.05) is 71.8 Å². The van der Waals surface area contributed by atoms with Crippen LogP contribution in [0.25, 0.3) is 0 Å². The Morgan fingerprint density at radius 2 is 1.38 bits per heavy atom. The molecular formula is C8H18O4S2Y2-2. The van der Waals surface area contributed by atoms with E-state index in [0.717, 1.165) is 0 Å². The SMILES string of the molecule is CCC(=O)O.CSCC(=O)O.C[S-].[CH3-].[Y].[Y]. The Kier molecular flexibility index (Phi) is 81.1. The number of aliphatic carboxylic acids is 2. The molecule has 0 fully saturated rings. The van der Waals surface area contributed by atoms with E-state index in [0.29, 0.717) is 0 Å². The van der Waals surface area contributed by atoms with Crippen molar-refractivity contribution in [3.63, 3.8) is 0 Å². The number of hydrogen-bond donors (Lipinski definition) is 2. The predicted octanol–water partition coefficient (Wildman–Crippen LogP) is 1.52. The molecule has 4 nitrogen and oxygen atoms in total. The van der Waals surface area contributed by atoms with Crippen LogP contribution < -0.4 is 0 Å². The third-order valence-corrected chi connectivity index (χ3v) is 1.11. The van der Waals surface area contributed by atoms with E-state index >= 15 is 0 Å². The summed E-state index contributed by atoms with van der Waals surface area (Å²) < 4.78 is 0. The summed E-state index contributed by atoms with van der Waals surface area (Å²) in [5, 5.41) is 15.6. The first-order valence-electron chi connectivity index (χ1n) is 3.37. The van der Waals surface area contributed by atoms with Gasteiger partial charge in [0.05, 0.1) is 5.75 Å². The fraction of sp³-hybridized carbons (Fsp3) is 0.625. The molecule has 0 bridgehead atoms. The van der Waals surface area contributed by atoms with Crippen LogP contribution in [0.2, 0.25) is 0 Å². The van der Waals surface area contributed by atoms with Crippen molar-refractivity contribution >= 4 is 36.3 Å². The molecule has 0 rings (SSSR count). The summed E-state index contributed by atoms with van der Waals surface area (Å²) in [7, 11) is 0.